The minimum Gasteiger partial charge on any atom is -0.380 e. The second-order valence-electron chi connectivity index (χ2n) is 7.38. The second kappa shape index (κ2) is 12.4. The topological polar surface area (TPSA) is 40.2 Å². The van der Waals surface area contributed by atoms with E-state index in [-0.39, 0.29) is 17.4 Å². The molecule has 0 amide bonds. The molecule has 3 aromatic rings. The summed E-state index contributed by atoms with van der Waals surface area (Å²) in [5.74, 6) is -0.141. The van der Waals surface area contributed by atoms with Crippen LogP contribution in [0.25, 0.3) is 0 Å². The van der Waals surface area contributed by atoms with E-state index in [9.17, 15) is 8.78 Å². The first kappa shape index (κ1) is 24.8. The summed E-state index contributed by atoms with van der Waals surface area (Å²) in [4.78, 5) is 6.72. The number of aromatic nitrogens is 1. The predicted octanol–water partition coefficient (Wildman–Crippen LogP) is 7.43. The zero-order valence-corrected chi connectivity index (χ0v) is 20.5. The summed E-state index contributed by atoms with van der Waals surface area (Å²) in [7, 11) is 0. The molecule has 172 valence electrons. The summed E-state index contributed by atoms with van der Waals surface area (Å²) in [6.45, 7) is 7.27. The summed E-state index contributed by atoms with van der Waals surface area (Å²) >= 11 is 8.78. The van der Waals surface area contributed by atoms with Crippen LogP contribution in [-0.2, 0) is 13.1 Å². The molecular formula is C23H27ClF2N4S2. The van der Waals surface area contributed by atoms with Gasteiger partial charge in [0.1, 0.15) is 16.7 Å². The Morgan fingerprint density at radius 1 is 1.19 bits per heavy atom. The average Bonchev–Trinajstić information content (AvgIpc) is 3.26. The lowest BCUT2D eigenvalue weighted by Crippen LogP contribution is -2.36. The van der Waals surface area contributed by atoms with E-state index in [1.165, 1.54) is 30.2 Å². The van der Waals surface area contributed by atoms with Gasteiger partial charge in [0.2, 0.25) is 0 Å². The van der Waals surface area contributed by atoms with Crippen molar-refractivity contribution in [2.45, 2.75) is 44.7 Å². The van der Waals surface area contributed by atoms with Gasteiger partial charge in [-0.15, -0.1) is 11.3 Å². The second-order valence-corrected chi connectivity index (χ2v) is 9.33. The van der Waals surface area contributed by atoms with Crippen molar-refractivity contribution in [1.29, 1.82) is 0 Å². The van der Waals surface area contributed by atoms with E-state index < -0.39 is 5.82 Å². The summed E-state index contributed by atoms with van der Waals surface area (Å²) in [6.07, 6.45) is 2.43. The Labute approximate surface area is 201 Å². The summed E-state index contributed by atoms with van der Waals surface area (Å²) in [6, 6.07) is 8.44. The average molecular weight is 497 g/mol. The molecule has 1 saturated heterocycles. The summed E-state index contributed by atoms with van der Waals surface area (Å²) < 4.78 is 32.1. The maximum absolute atomic E-state index is 14.7. The molecule has 0 atom stereocenters. The minimum absolute atomic E-state index is 0.0179. The summed E-state index contributed by atoms with van der Waals surface area (Å²) in [5, 5.41) is 4.90. The Bertz CT molecular complexity index is 998. The Morgan fingerprint density at radius 3 is 2.62 bits per heavy atom. The van der Waals surface area contributed by atoms with Crippen molar-refractivity contribution < 1.29 is 8.78 Å². The number of thiazole rings is 1. The highest BCUT2D eigenvalue weighted by Crippen LogP contribution is 2.33. The first-order chi connectivity index (χ1) is 15.5. The molecule has 1 aliphatic rings. The van der Waals surface area contributed by atoms with Crippen LogP contribution in [0.5, 0.6) is 0 Å². The standard InChI is InChI=1S/C20H19ClF2N4S2.C3H8/c21-19-16(5-6-17(20(19)23)29-26-18-11-28-12-25-18)24-9-14-13(3-1-4-15(14)22)10-27-7-2-8-27;1-3-2/h1,3-6,11-12,24,26H,2,7-10H2;3H2,1-2H3. The largest absolute Gasteiger partial charge is 0.380 e. The first-order valence-corrected chi connectivity index (χ1v) is 12.7. The number of rotatable bonds is 8. The zero-order chi connectivity index (χ0) is 22.9. The van der Waals surface area contributed by atoms with Gasteiger partial charge in [-0.1, -0.05) is 44.0 Å². The molecule has 0 saturated carbocycles. The molecule has 32 heavy (non-hydrogen) atoms. The SMILES string of the molecule is CCC.Fc1cccc(CN2CCC2)c1CNc1ccc(SNc2cscn2)c(F)c1Cl. The third-order valence-corrected chi connectivity index (χ3v) is 6.56. The fraction of sp³-hybridized carbons (Fsp3) is 0.348. The quantitative estimate of drug-likeness (QED) is 0.317. The van der Waals surface area contributed by atoms with Crippen LogP contribution in [0.15, 0.2) is 46.1 Å². The normalized spacial score (nSPS) is 13.2. The fourth-order valence-electron chi connectivity index (χ4n) is 3.03. The zero-order valence-electron chi connectivity index (χ0n) is 18.1. The molecule has 4 rings (SSSR count). The highest BCUT2D eigenvalue weighted by atomic mass is 35.5. The van der Waals surface area contributed by atoms with E-state index in [0.29, 0.717) is 28.5 Å². The lowest BCUT2D eigenvalue weighted by atomic mass is 10.0. The lowest BCUT2D eigenvalue weighted by molar-refractivity contribution is 0.172. The van der Waals surface area contributed by atoms with E-state index in [1.54, 1.807) is 23.7 Å². The van der Waals surface area contributed by atoms with Crippen LogP contribution in [0.2, 0.25) is 5.02 Å². The van der Waals surface area contributed by atoms with Crippen molar-refractivity contribution in [3.05, 3.63) is 69.0 Å². The van der Waals surface area contributed by atoms with Crippen molar-refractivity contribution in [3.63, 3.8) is 0 Å². The van der Waals surface area contributed by atoms with E-state index in [2.05, 4.69) is 33.8 Å². The first-order valence-electron chi connectivity index (χ1n) is 10.5. The number of benzene rings is 2. The molecule has 0 spiro atoms. The van der Waals surface area contributed by atoms with Gasteiger partial charge in [0.05, 0.1) is 16.1 Å². The highest BCUT2D eigenvalue weighted by molar-refractivity contribution is 8.00. The minimum atomic E-state index is -0.529. The van der Waals surface area contributed by atoms with Gasteiger partial charge in [0.15, 0.2) is 5.82 Å². The third-order valence-electron chi connectivity index (χ3n) is 4.76. The molecule has 1 aromatic heterocycles. The van der Waals surface area contributed by atoms with Crippen LogP contribution in [0, 0.1) is 11.6 Å². The van der Waals surface area contributed by atoms with Crippen LogP contribution < -0.4 is 10.0 Å². The molecule has 1 aliphatic heterocycles. The van der Waals surface area contributed by atoms with Crippen LogP contribution in [0.1, 0.15) is 37.8 Å². The van der Waals surface area contributed by atoms with E-state index in [4.69, 9.17) is 11.6 Å². The Balaban J connectivity index is 0.000000913. The monoisotopic (exact) mass is 496 g/mol. The highest BCUT2D eigenvalue weighted by Gasteiger charge is 2.18. The van der Waals surface area contributed by atoms with Crippen LogP contribution in [0.4, 0.5) is 20.3 Å². The number of nitrogens with one attached hydrogen (secondary N) is 2. The lowest BCUT2D eigenvalue weighted by Gasteiger charge is -2.31. The smallest absolute Gasteiger partial charge is 0.159 e. The molecule has 2 N–H and O–H groups in total. The third kappa shape index (κ3) is 6.57. The van der Waals surface area contributed by atoms with Crippen molar-refractivity contribution in [3.8, 4) is 0 Å². The van der Waals surface area contributed by atoms with Gasteiger partial charge < -0.3 is 10.0 Å². The number of anilines is 2. The van der Waals surface area contributed by atoms with Crippen molar-refractivity contribution in [1.82, 2.24) is 9.88 Å². The number of nitrogens with zero attached hydrogens (tertiary/aromatic N) is 2. The van der Waals surface area contributed by atoms with E-state index in [1.807, 2.05) is 11.4 Å². The molecule has 0 aliphatic carbocycles. The number of likely N-dealkylation sites (tertiary alicyclic amines) is 1. The van der Waals surface area contributed by atoms with Crippen molar-refractivity contribution >= 4 is 46.4 Å². The van der Waals surface area contributed by atoms with Crippen molar-refractivity contribution in [2.75, 3.05) is 23.1 Å². The Hall–Kier alpha value is -1.87. The van der Waals surface area contributed by atoms with Crippen LogP contribution in [-0.4, -0.2) is 23.0 Å². The number of hydrogen-bond donors (Lipinski definition) is 2. The maximum Gasteiger partial charge on any atom is 0.159 e. The Morgan fingerprint density at radius 2 is 1.97 bits per heavy atom. The van der Waals surface area contributed by atoms with Gasteiger partial charge in [-0.05, 0) is 55.2 Å². The van der Waals surface area contributed by atoms with Gasteiger partial charge >= 0.3 is 0 Å². The summed E-state index contributed by atoms with van der Waals surface area (Å²) in [5.41, 5.74) is 3.64. The van der Waals surface area contributed by atoms with Gasteiger partial charge in [0, 0.05) is 24.0 Å². The molecular weight excluding hydrogens is 470 g/mol. The molecule has 0 radical (unpaired) electrons. The molecule has 0 bridgehead atoms. The van der Waals surface area contributed by atoms with Crippen LogP contribution >= 0.6 is 34.9 Å². The van der Waals surface area contributed by atoms with E-state index >= 15 is 0 Å². The molecule has 2 heterocycles. The van der Waals surface area contributed by atoms with Gasteiger partial charge in [-0.3, -0.25) is 4.90 Å². The number of hydrogen-bond acceptors (Lipinski definition) is 6. The molecule has 0 unspecified atom stereocenters. The van der Waals surface area contributed by atoms with E-state index in [0.717, 1.165) is 30.6 Å². The maximum atomic E-state index is 14.7. The van der Waals surface area contributed by atoms with Crippen molar-refractivity contribution in [2.24, 2.45) is 0 Å². The Kier molecular flexibility index (Phi) is 9.59. The van der Waals surface area contributed by atoms with Crippen LogP contribution in [0.3, 0.4) is 0 Å². The molecule has 2 aromatic carbocycles. The van der Waals surface area contributed by atoms with Gasteiger partial charge in [-0.2, -0.15) is 0 Å². The molecule has 4 nitrogen and oxygen atoms in total. The number of halogens is 3. The predicted molar refractivity (Wildman–Crippen MR) is 133 cm³/mol. The molecule has 9 heteroatoms. The van der Waals surface area contributed by atoms with Gasteiger partial charge in [0.25, 0.3) is 0 Å². The fourth-order valence-corrected chi connectivity index (χ4v) is 4.53. The molecule has 1 fully saturated rings. The van der Waals surface area contributed by atoms with Gasteiger partial charge in [-0.25, -0.2) is 13.8 Å².